The van der Waals surface area contributed by atoms with Crippen LogP contribution in [0.2, 0.25) is 0 Å². The van der Waals surface area contributed by atoms with Gasteiger partial charge in [-0.05, 0) is 42.2 Å². The molecular weight excluding hydrogens is 372 g/mol. The summed E-state index contributed by atoms with van der Waals surface area (Å²) in [6, 6.07) is 27.3. The van der Waals surface area contributed by atoms with Gasteiger partial charge < -0.3 is 10.1 Å². The lowest BCUT2D eigenvalue weighted by atomic mass is 9.76. The molecular formula is C26H28N2O2. The number of carbonyl (C=O) groups is 1. The van der Waals surface area contributed by atoms with Gasteiger partial charge in [0.1, 0.15) is 17.0 Å². The van der Waals surface area contributed by atoms with Crippen LogP contribution in [0.4, 0.5) is 5.69 Å². The lowest BCUT2D eigenvalue weighted by Gasteiger charge is -2.52. The number of rotatable bonds is 7. The van der Waals surface area contributed by atoms with E-state index in [9.17, 15) is 4.79 Å². The Morgan fingerprint density at radius 2 is 1.63 bits per heavy atom. The van der Waals surface area contributed by atoms with Gasteiger partial charge >= 0.3 is 0 Å². The predicted molar refractivity (Wildman–Crippen MR) is 121 cm³/mol. The van der Waals surface area contributed by atoms with E-state index in [1.165, 1.54) is 0 Å². The van der Waals surface area contributed by atoms with Crippen LogP contribution in [-0.4, -0.2) is 23.9 Å². The maximum absolute atomic E-state index is 13.6. The lowest BCUT2D eigenvalue weighted by molar-refractivity contribution is -0.139. The van der Waals surface area contributed by atoms with Crippen molar-refractivity contribution >= 4 is 11.6 Å². The first kappa shape index (κ1) is 20.2. The van der Waals surface area contributed by atoms with Crippen LogP contribution in [-0.2, 0) is 10.3 Å². The molecule has 1 N–H and O–H groups in total. The second-order valence-corrected chi connectivity index (χ2v) is 8.21. The third kappa shape index (κ3) is 4.10. The Morgan fingerprint density at radius 3 is 2.27 bits per heavy atom. The highest BCUT2D eigenvalue weighted by atomic mass is 16.5. The number of ether oxygens (including phenoxy) is 1. The van der Waals surface area contributed by atoms with E-state index < -0.39 is 5.54 Å². The third-order valence-corrected chi connectivity index (χ3v) is 5.57. The largest absolute Gasteiger partial charge is 0.457 e. The normalized spacial score (nSPS) is 18.6. The van der Waals surface area contributed by atoms with Gasteiger partial charge in [0.25, 0.3) is 0 Å². The molecule has 154 valence electrons. The van der Waals surface area contributed by atoms with E-state index in [4.69, 9.17) is 4.74 Å². The first-order valence-corrected chi connectivity index (χ1v) is 10.5. The molecule has 4 rings (SSSR count). The molecule has 4 heteroatoms. The van der Waals surface area contributed by atoms with Crippen LogP contribution < -0.4 is 10.1 Å². The second kappa shape index (κ2) is 8.72. The molecule has 3 aromatic carbocycles. The van der Waals surface area contributed by atoms with Crippen molar-refractivity contribution in [2.45, 2.75) is 25.8 Å². The molecule has 1 aliphatic heterocycles. The fraction of sp³-hybridized carbons (Fsp3) is 0.269. The molecule has 1 heterocycles. The summed E-state index contributed by atoms with van der Waals surface area (Å²) in [6.45, 7) is 6.20. The van der Waals surface area contributed by atoms with Gasteiger partial charge in [-0.25, -0.2) is 0 Å². The van der Waals surface area contributed by atoms with Crippen LogP contribution in [0.3, 0.4) is 0 Å². The molecule has 0 saturated carbocycles. The van der Waals surface area contributed by atoms with Crippen molar-refractivity contribution in [3.8, 4) is 11.5 Å². The van der Waals surface area contributed by atoms with Crippen molar-refractivity contribution in [3.05, 3.63) is 90.5 Å². The zero-order chi connectivity index (χ0) is 21.0. The Balaban J connectivity index is 1.57. The number of benzene rings is 3. The Labute approximate surface area is 178 Å². The minimum atomic E-state index is -0.623. The highest BCUT2D eigenvalue weighted by molar-refractivity contribution is 5.99. The van der Waals surface area contributed by atoms with Gasteiger partial charge in [-0.15, -0.1) is 0 Å². The van der Waals surface area contributed by atoms with E-state index in [0.717, 1.165) is 36.5 Å². The highest BCUT2D eigenvalue weighted by Gasteiger charge is 2.52. The molecule has 0 aliphatic carbocycles. The summed E-state index contributed by atoms with van der Waals surface area (Å²) in [6.07, 6.45) is 0.815. The molecule has 1 unspecified atom stereocenters. The maximum Gasteiger partial charge on any atom is 0.249 e. The number of anilines is 1. The smallest absolute Gasteiger partial charge is 0.249 e. The minimum Gasteiger partial charge on any atom is -0.457 e. The lowest BCUT2D eigenvalue weighted by Crippen LogP contribution is -2.64. The van der Waals surface area contributed by atoms with Crippen molar-refractivity contribution in [2.24, 2.45) is 5.92 Å². The number of amides is 1. The molecule has 0 bridgehead atoms. The molecule has 1 atom stereocenters. The molecule has 3 aromatic rings. The third-order valence-electron chi connectivity index (χ3n) is 5.57. The summed E-state index contributed by atoms with van der Waals surface area (Å²) in [5.41, 5.74) is 1.16. The number of nitrogens with zero attached hydrogens (tertiary/aromatic N) is 1. The van der Waals surface area contributed by atoms with Gasteiger partial charge in [0, 0.05) is 24.8 Å². The quantitative estimate of drug-likeness (QED) is 0.555. The second-order valence-electron chi connectivity index (χ2n) is 8.21. The van der Waals surface area contributed by atoms with Gasteiger partial charge in [-0.1, -0.05) is 68.4 Å². The molecule has 4 nitrogen and oxygen atoms in total. The predicted octanol–water partition coefficient (Wildman–Crippen LogP) is 5.67. The van der Waals surface area contributed by atoms with E-state index >= 15 is 0 Å². The van der Waals surface area contributed by atoms with Gasteiger partial charge in [0.05, 0.1) is 0 Å². The number of carbonyl (C=O) groups excluding carboxylic acids is 1. The Hall–Kier alpha value is -3.11. The molecule has 1 saturated heterocycles. The van der Waals surface area contributed by atoms with Crippen LogP contribution in [0, 0.1) is 5.92 Å². The summed E-state index contributed by atoms with van der Waals surface area (Å²) in [5.74, 6) is 1.96. The van der Waals surface area contributed by atoms with Crippen LogP contribution in [0.15, 0.2) is 84.9 Å². The summed E-state index contributed by atoms with van der Waals surface area (Å²) >= 11 is 0. The van der Waals surface area contributed by atoms with Crippen molar-refractivity contribution < 1.29 is 9.53 Å². The molecule has 30 heavy (non-hydrogen) atoms. The van der Waals surface area contributed by atoms with E-state index in [1.807, 2.05) is 72.8 Å². The molecule has 1 aliphatic rings. The average Bonchev–Trinajstić information content (AvgIpc) is 2.73. The molecule has 0 radical (unpaired) electrons. The zero-order valence-corrected chi connectivity index (χ0v) is 17.5. The Morgan fingerprint density at radius 1 is 0.967 bits per heavy atom. The standard InChI is InChI=1S/C26H28N2O2/c1-20(2)19-28-17-16-26(28,21-10-5-3-6-11-21)25(29)27-22-12-9-15-24(18-22)30-23-13-7-4-8-14-23/h3-15,18,20H,16-17,19H2,1-2H3,(H,27,29). The van der Waals surface area contributed by atoms with Gasteiger partial charge in [0.15, 0.2) is 0 Å². The van der Waals surface area contributed by atoms with Gasteiger partial charge in [-0.2, -0.15) is 0 Å². The number of likely N-dealkylation sites (tertiary alicyclic amines) is 1. The number of hydrogen-bond donors (Lipinski definition) is 1. The summed E-state index contributed by atoms with van der Waals surface area (Å²) < 4.78 is 5.92. The van der Waals surface area contributed by atoms with E-state index in [-0.39, 0.29) is 5.91 Å². The molecule has 1 amide bonds. The first-order valence-electron chi connectivity index (χ1n) is 10.5. The Bertz CT molecular complexity index is 988. The summed E-state index contributed by atoms with van der Waals surface area (Å²) in [5, 5.41) is 3.15. The molecule has 0 spiro atoms. The molecule has 0 aromatic heterocycles. The van der Waals surface area contributed by atoms with Crippen molar-refractivity contribution in [3.63, 3.8) is 0 Å². The zero-order valence-electron chi connectivity index (χ0n) is 17.5. The number of hydrogen-bond acceptors (Lipinski definition) is 3. The summed E-state index contributed by atoms with van der Waals surface area (Å²) in [4.78, 5) is 15.9. The molecule has 1 fully saturated rings. The SMILES string of the molecule is CC(C)CN1CCC1(C(=O)Nc1cccc(Oc2ccccc2)c1)c1ccccc1. The average molecular weight is 401 g/mol. The minimum absolute atomic E-state index is 0.0115. The Kier molecular flexibility index (Phi) is 5.86. The first-order chi connectivity index (χ1) is 14.6. The van der Waals surface area contributed by atoms with Crippen molar-refractivity contribution in [1.82, 2.24) is 4.90 Å². The van der Waals surface area contributed by atoms with E-state index in [2.05, 4.69) is 36.2 Å². The van der Waals surface area contributed by atoms with Crippen molar-refractivity contribution in [2.75, 3.05) is 18.4 Å². The van der Waals surface area contributed by atoms with E-state index in [1.54, 1.807) is 0 Å². The maximum atomic E-state index is 13.6. The highest BCUT2D eigenvalue weighted by Crippen LogP contribution is 2.42. The van der Waals surface area contributed by atoms with Crippen LogP contribution in [0.25, 0.3) is 0 Å². The topological polar surface area (TPSA) is 41.6 Å². The summed E-state index contributed by atoms with van der Waals surface area (Å²) in [7, 11) is 0. The fourth-order valence-corrected chi connectivity index (χ4v) is 4.11. The van der Waals surface area contributed by atoms with Crippen molar-refractivity contribution in [1.29, 1.82) is 0 Å². The van der Waals surface area contributed by atoms with Gasteiger partial charge in [-0.3, -0.25) is 9.69 Å². The number of para-hydroxylation sites is 1. The fourth-order valence-electron chi connectivity index (χ4n) is 4.11. The van der Waals surface area contributed by atoms with Gasteiger partial charge in [0.2, 0.25) is 5.91 Å². The van der Waals surface area contributed by atoms with Crippen LogP contribution in [0.5, 0.6) is 11.5 Å². The number of nitrogens with one attached hydrogen (secondary N) is 1. The van der Waals surface area contributed by atoms with Crippen LogP contribution >= 0.6 is 0 Å². The van der Waals surface area contributed by atoms with Crippen LogP contribution in [0.1, 0.15) is 25.8 Å². The van der Waals surface area contributed by atoms with E-state index in [0.29, 0.717) is 11.7 Å². The monoisotopic (exact) mass is 400 g/mol.